The van der Waals surface area contributed by atoms with Crippen molar-refractivity contribution in [3.05, 3.63) is 0 Å². The fourth-order valence-corrected chi connectivity index (χ4v) is 4.02. The van der Waals surface area contributed by atoms with Crippen LogP contribution >= 0.6 is 15.8 Å². The van der Waals surface area contributed by atoms with Gasteiger partial charge in [-0.25, -0.2) is 0 Å². The van der Waals surface area contributed by atoms with Gasteiger partial charge in [-0.15, -0.1) is 15.8 Å². The second-order valence-electron chi connectivity index (χ2n) is 3.24. The largest absolute Gasteiger partial charge is 0.307 e. The Bertz CT molecular complexity index is 97.0. The topological polar surface area (TPSA) is 34.1 Å². The minimum Gasteiger partial charge on any atom is -0.307 e. The third-order valence-corrected chi connectivity index (χ3v) is 8.05. The van der Waals surface area contributed by atoms with E-state index in [2.05, 4.69) is 41.5 Å². The summed E-state index contributed by atoms with van der Waals surface area (Å²) in [5.74, 6) is 0. The molecule has 0 spiro atoms. The Morgan fingerprint density at radius 1 is 0.526 bits per heavy atom. The summed E-state index contributed by atoms with van der Waals surface area (Å²) in [6, 6.07) is 0. The molecule has 0 saturated carbocycles. The number of carbonyl (C=O) groups excluding carboxylic acids is 2. The maximum absolute atomic E-state index is 8.00. The van der Waals surface area contributed by atoms with Gasteiger partial charge in [-0.1, -0.05) is 41.5 Å². The van der Waals surface area contributed by atoms with Crippen LogP contribution in [-0.2, 0) is 26.1 Å². The summed E-state index contributed by atoms with van der Waals surface area (Å²) in [4.78, 5) is 16.0. The van der Waals surface area contributed by atoms with Crippen LogP contribution in [0.1, 0.15) is 41.5 Å². The van der Waals surface area contributed by atoms with Gasteiger partial charge >= 0.3 is 0 Å². The van der Waals surface area contributed by atoms with Crippen LogP contribution in [0.2, 0.25) is 0 Å². The minimum atomic E-state index is 0. The molecule has 0 aliphatic carbocycles. The summed E-state index contributed by atoms with van der Waals surface area (Å²) in [5.41, 5.74) is 0. The van der Waals surface area contributed by atoms with Crippen LogP contribution in [0.15, 0.2) is 0 Å². The molecule has 5 heteroatoms. The van der Waals surface area contributed by atoms with Gasteiger partial charge in [0.1, 0.15) is 13.6 Å². The van der Waals surface area contributed by atoms with E-state index in [0.717, 1.165) is 0 Å². The van der Waals surface area contributed by atoms with Crippen LogP contribution < -0.4 is 0 Å². The molecule has 0 saturated heterocycles. The Hall–Kier alpha value is 0.694. The van der Waals surface area contributed by atoms with Crippen LogP contribution in [0.3, 0.4) is 0 Å². The van der Waals surface area contributed by atoms with Crippen LogP contribution in [0.5, 0.6) is 0 Å². The maximum atomic E-state index is 8.00. The van der Waals surface area contributed by atoms with Crippen molar-refractivity contribution in [1.82, 2.24) is 0 Å². The summed E-state index contributed by atoms with van der Waals surface area (Å²) < 4.78 is 0. The molecule has 0 atom stereocenters. The van der Waals surface area contributed by atoms with Crippen molar-refractivity contribution >= 4 is 29.4 Å². The van der Waals surface area contributed by atoms with E-state index in [-0.39, 0.29) is 16.5 Å². The molecule has 0 aromatic rings. The molecule has 0 fully saturated rings. The van der Waals surface area contributed by atoms with E-state index in [1.165, 1.54) is 37.0 Å². The number of hydrogen-bond donors (Lipinski definition) is 0. The molecule has 0 bridgehead atoms. The van der Waals surface area contributed by atoms with E-state index in [1.54, 1.807) is 0 Å². The molecule has 0 aliphatic heterocycles. The summed E-state index contributed by atoms with van der Waals surface area (Å²) in [6.45, 7) is 17.7. The first-order valence-corrected chi connectivity index (χ1v) is 10.5. The Morgan fingerprint density at radius 3 is 0.632 bits per heavy atom. The van der Waals surface area contributed by atoms with Gasteiger partial charge in [-0.05, 0) is 37.0 Å². The second-order valence-corrected chi connectivity index (χ2v) is 9.72. The molecule has 0 amide bonds. The van der Waals surface area contributed by atoms with Gasteiger partial charge in [0.2, 0.25) is 0 Å². The van der Waals surface area contributed by atoms with Crippen LogP contribution in [-0.4, -0.2) is 50.5 Å². The monoisotopic (exact) mass is 354 g/mol. The molecule has 0 rings (SSSR count). The van der Waals surface area contributed by atoms with E-state index in [0.29, 0.717) is 15.8 Å². The van der Waals surface area contributed by atoms with Crippen molar-refractivity contribution in [2.24, 2.45) is 0 Å². The number of carbonyl (C=O) groups is 2. The Labute approximate surface area is 134 Å². The second kappa shape index (κ2) is 36.3. The standard InChI is InChI=1S/2C6H15P.2CH2O.Ni/c2*1-4-7(5-2)6-3;2*1-2;/h2*4-6H2,1-3H3;2*1H2;. The normalized spacial score (nSPS) is 8.00. The van der Waals surface area contributed by atoms with E-state index >= 15 is 0 Å². The molecule has 0 heterocycles. The maximum Gasteiger partial charge on any atom is 0.106 e. The summed E-state index contributed by atoms with van der Waals surface area (Å²) in [6.07, 6.45) is 8.51. The summed E-state index contributed by atoms with van der Waals surface area (Å²) >= 11 is 0. The van der Waals surface area contributed by atoms with Crippen molar-refractivity contribution in [2.75, 3.05) is 37.0 Å². The molecule has 2 nitrogen and oxygen atoms in total. The van der Waals surface area contributed by atoms with Gasteiger partial charge < -0.3 is 9.59 Å². The zero-order chi connectivity index (χ0) is 15.4. The fraction of sp³-hybridized carbons (Fsp3) is 0.857. The Morgan fingerprint density at radius 2 is 0.632 bits per heavy atom. The predicted molar refractivity (Wildman–Crippen MR) is 91.3 cm³/mol. The Kier molecular flexibility index (Phi) is 60.9. The summed E-state index contributed by atoms with van der Waals surface area (Å²) in [7, 11) is 0.892. The van der Waals surface area contributed by atoms with Gasteiger partial charge in [0, 0.05) is 16.5 Å². The van der Waals surface area contributed by atoms with E-state index < -0.39 is 0 Å². The Balaban J connectivity index is -0.0000000522. The van der Waals surface area contributed by atoms with Crippen LogP contribution in [0.4, 0.5) is 0 Å². The third kappa shape index (κ3) is 32.3. The molecule has 0 aromatic carbocycles. The zero-order valence-electron chi connectivity index (χ0n) is 13.7. The summed E-state index contributed by atoms with van der Waals surface area (Å²) in [5, 5.41) is 0. The van der Waals surface area contributed by atoms with Gasteiger partial charge in [-0.3, -0.25) is 0 Å². The molecular weight excluding hydrogens is 321 g/mol. The smallest absolute Gasteiger partial charge is 0.106 e. The first-order chi connectivity index (χ1) is 8.69. The van der Waals surface area contributed by atoms with Gasteiger partial charge in [0.05, 0.1) is 0 Å². The van der Waals surface area contributed by atoms with Crippen molar-refractivity contribution in [3.8, 4) is 0 Å². The molecule has 122 valence electrons. The molecule has 0 aliphatic rings. The van der Waals surface area contributed by atoms with E-state index in [9.17, 15) is 0 Å². The molecule has 0 N–H and O–H groups in total. The zero-order valence-corrected chi connectivity index (χ0v) is 16.5. The van der Waals surface area contributed by atoms with Crippen molar-refractivity contribution in [1.29, 1.82) is 0 Å². The SMILES string of the molecule is C=O.C=O.CCP(CC)CC.CCP(CC)CC.[Ni]. The third-order valence-electron chi connectivity index (χ3n) is 2.68. The first kappa shape index (κ1) is 31.9. The van der Waals surface area contributed by atoms with Crippen LogP contribution in [0.25, 0.3) is 0 Å². The van der Waals surface area contributed by atoms with Gasteiger partial charge in [0.15, 0.2) is 0 Å². The van der Waals surface area contributed by atoms with Crippen molar-refractivity contribution in [2.45, 2.75) is 41.5 Å². The van der Waals surface area contributed by atoms with Crippen molar-refractivity contribution < 1.29 is 26.1 Å². The molecule has 0 unspecified atom stereocenters. The van der Waals surface area contributed by atoms with Gasteiger partial charge in [0.25, 0.3) is 0 Å². The number of rotatable bonds is 6. The van der Waals surface area contributed by atoms with Crippen LogP contribution in [0, 0.1) is 0 Å². The molecule has 19 heavy (non-hydrogen) atoms. The molecular formula is C14H34NiO2P2. The average molecular weight is 355 g/mol. The van der Waals surface area contributed by atoms with E-state index in [4.69, 9.17) is 9.59 Å². The van der Waals surface area contributed by atoms with E-state index in [1.807, 2.05) is 13.6 Å². The number of hydrogen-bond acceptors (Lipinski definition) is 2. The predicted octanol–water partition coefficient (Wildman–Crippen LogP) is 4.68. The molecule has 0 radical (unpaired) electrons. The molecule has 0 aromatic heterocycles. The first-order valence-electron chi connectivity index (χ1n) is 6.72. The average Bonchev–Trinajstić information content (AvgIpc) is 2.48. The fourth-order valence-electron chi connectivity index (χ4n) is 1.34. The minimum absolute atomic E-state index is 0. The quantitative estimate of drug-likeness (QED) is 0.512. The van der Waals surface area contributed by atoms with Gasteiger partial charge in [-0.2, -0.15) is 0 Å². The van der Waals surface area contributed by atoms with Crippen molar-refractivity contribution in [3.63, 3.8) is 0 Å².